The van der Waals surface area contributed by atoms with Gasteiger partial charge in [0.2, 0.25) is 5.71 Å². The molecule has 7 heteroatoms. The molecule has 0 aromatic carbocycles. The molecular weight excluding hydrogens is 186 g/mol. The molecular formula is C7H7N5O2. The first-order valence-corrected chi connectivity index (χ1v) is 3.60. The lowest BCUT2D eigenvalue weighted by Gasteiger charge is -1.95. The standard InChI is InChI=1S/C7H7N5O2/c1-4-2-6(12-14-4)10-7(13)5(3-8)11-9/h2H,9H2,1H3,(H,10,12,13)/b11-5+. The van der Waals surface area contributed by atoms with Gasteiger partial charge in [0.1, 0.15) is 11.8 Å². The Morgan fingerprint density at radius 2 is 2.57 bits per heavy atom. The number of nitriles is 1. The highest BCUT2D eigenvalue weighted by atomic mass is 16.5. The summed E-state index contributed by atoms with van der Waals surface area (Å²) in [4.78, 5) is 11.2. The van der Waals surface area contributed by atoms with Crippen LogP contribution in [0.4, 0.5) is 5.82 Å². The lowest BCUT2D eigenvalue weighted by atomic mass is 10.4. The van der Waals surface area contributed by atoms with E-state index < -0.39 is 11.6 Å². The van der Waals surface area contributed by atoms with Crippen molar-refractivity contribution in [2.24, 2.45) is 10.9 Å². The maximum Gasteiger partial charge on any atom is 0.288 e. The summed E-state index contributed by atoms with van der Waals surface area (Å²) < 4.78 is 4.69. The van der Waals surface area contributed by atoms with Gasteiger partial charge >= 0.3 is 0 Å². The van der Waals surface area contributed by atoms with Crippen molar-refractivity contribution in [1.82, 2.24) is 5.16 Å². The third-order valence-electron chi connectivity index (χ3n) is 1.32. The van der Waals surface area contributed by atoms with E-state index in [1.807, 2.05) is 0 Å². The van der Waals surface area contributed by atoms with Gasteiger partial charge in [0.15, 0.2) is 5.82 Å². The first kappa shape index (κ1) is 9.73. The topological polar surface area (TPSA) is 117 Å². The Balaban J connectivity index is 2.72. The lowest BCUT2D eigenvalue weighted by molar-refractivity contribution is -0.110. The van der Waals surface area contributed by atoms with Gasteiger partial charge in [-0.3, -0.25) is 4.79 Å². The van der Waals surface area contributed by atoms with Crippen molar-refractivity contribution in [1.29, 1.82) is 5.26 Å². The van der Waals surface area contributed by atoms with Crippen molar-refractivity contribution < 1.29 is 9.32 Å². The molecule has 1 amide bonds. The zero-order chi connectivity index (χ0) is 10.6. The molecule has 3 N–H and O–H groups in total. The van der Waals surface area contributed by atoms with Gasteiger partial charge in [-0.1, -0.05) is 5.16 Å². The van der Waals surface area contributed by atoms with Crippen LogP contribution in [0.15, 0.2) is 15.7 Å². The summed E-state index contributed by atoms with van der Waals surface area (Å²) in [6.07, 6.45) is 0. The van der Waals surface area contributed by atoms with E-state index in [0.717, 1.165) is 0 Å². The van der Waals surface area contributed by atoms with Crippen LogP contribution >= 0.6 is 0 Å². The average molecular weight is 193 g/mol. The Bertz CT molecular complexity index is 414. The van der Waals surface area contributed by atoms with Crippen LogP contribution in [0.3, 0.4) is 0 Å². The Kier molecular flexibility index (Phi) is 2.81. The molecule has 0 aliphatic heterocycles. The lowest BCUT2D eigenvalue weighted by Crippen LogP contribution is -2.22. The van der Waals surface area contributed by atoms with Crippen molar-refractivity contribution in [3.8, 4) is 6.07 Å². The molecule has 0 spiro atoms. The quantitative estimate of drug-likeness (QED) is 0.381. The Morgan fingerprint density at radius 1 is 1.86 bits per heavy atom. The molecule has 0 saturated heterocycles. The molecule has 1 aromatic heterocycles. The van der Waals surface area contributed by atoms with Crippen LogP contribution in [0.25, 0.3) is 0 Å². The second-order valence-corrected chi connectivity index (χ2v) is 2.37. The van der Waals surface area contributed by atoms with E-state index in [4.69, 9.17) is 15.6 Å². The number of rotatable bonds is 2. The molecule has 0 fully saturated rings. The minimum absolute atomic E-state index is 0.212. The maximum absolute atomic E-state index is 11.2. The molecule has 0 aliphatic carbocycles. The van der Waals surface area contributed by atoms with E-state index in [1.54, 1.807) is 6.92 Å². The van der Waals surface area contributed by atoms with Gasteiger partial charge < -0.3 is 15.7 Å². The molecule has 1 rings (SSSR count). The number of hydrogen-bond acceptors (Lipinski definition) is 6. The number of aromatic nitrogens is 1. The average Bonchev–Trinajstić information content (AvgIpc) is 2.53. The minimum Gasteiger partial charge on any atom is -0.360 e. The Hall–Kier alpha value is -2.36. The number of carbonyl (C=O) groups is 1. The van der Waals surface area contributed by atoms with Crippen LogP contribution in [0.2, 0.25) is 0 Å². The zero-order valence-corrected chi connectivity index (χ0v) is 7.31. The highest BCUT2D eigenvalue weighted by molar-refractivity contribution is 6.48. The first-order valence-electron chi connectivity index (χ1n) is 3.60. The van der Waals surface area contributed by atoms with Crippen LogP contribution in [0, 0.1) is 18.3 Å². The predicted octanol–water partition coefficient (Wildman–Crippen LogP) is -0.240. The predicted molar refractivity (Wildman–Crippen MR) is 47.1 cm³/mol. The number of anilines is 1. The van der Waals surface area contributed by atoms with E-state index >= 15 is 0 Å². The third-order valence-corrected chi connectivity index (χ3v) is 1.32. The summed E-state index contributed by atoms with van der Waals surface area (Å²) in [7, 11) is 0. The van der Waals surface area contributed by atoms with Crippen molar-refractivity contribution in [3.05, 3.63) is 11.8 Å². The monoisotopic (exact) mass is 193 g/mol. The molecule has 0 unspecified atom stereocenters. The minimum atomic E-state index is -0.719. The molecule has 7 nitrogen and oxygen atoms in total. The van der Waals surface area contributed by atoms with Gasteiger partial charge in [-0.25, -0.2) is 0 Å². The van der Waals surface area contributed by atoms with Crippen molar-refractivity contribution in [2.75, 3.05) is 5.32 Å². The summed E-state index contributed by atoms with van der Waals surface area (Å²) >= 11 is 0. The SMILES string of the molecule is Cc1cc(NC(=O)/C(C#N)=N/N)no1. The van der Waals surface area contributed by atoms with Crippen molar-refractivity contribution >= 4 is 17.4 Å². The van der Waals surface area contributed by atoms with Gasteiger partial charge in [-0.15, -0.1) is 0 Å². The van der Waals surface area contributed by atoms with E-state index in [0.29, 0.717) is 5.76 Å². The van der Waals surface area contributed by atoms with Crippen LogP contribution in [-0.2, 0) is 4.79 Å². The summed E-state index contributed by atoms with van der Waals surface area (Å²) in [5.74, 6) is 4.84. The maximum atomic E-state index is 11.2. The first-order chi connectivity index (χ1) is 6.67. The molecule has 1 aromatic rings. The van der Waals surface area contributed by atoms with E-state index in [2.05, 4.69) is 15.6 Å². The molecule has 1 heterocycles. The molecule has 0 radical (unpaired) electrons. The van der Waals surface area contributed by atoms with E-state index in [1.165, 1.54) is 12.1 Å². The van der Waals surface area contributed by atoms with Gasteiger partial charge in [0, 0.05) is 6.07 Å². The number of nitrogens with zero attached hydrogens (tertiary/aromatic N) is 3. The number of hydrazone groups is 1. The fourth-order valence-corrected chi connectivity index (χ4v) is 0.739. The number of nitrogens with two attached hydrogens (primary N) is 1. The number of aryl methyl sites for hydroxylation is 1. The van der Waals surface area contributed by atoms with Crippen LogP contribution in [0.5, 0.6) is 0 Å². The third kappa shape index (κ3) is 2.07. The van der Waals surface area contributed by atoms with Crippen molar-refractivity contribution in [3.63, 3.8) is 0 Å². The largest absolute Gasteiger partial charge is 0.360 e. The summed E-state index contributed by atoms with van der Waals surface area (Å²) in [5, 5.41) is 17.2. The Labute approximate surface area is 79.2 Å². The summed E-state index contributed by atoms with van der Waals surface area (Å²) in [6, 6.07) is 3.04. The zero-order valence-electron chi connectivity index (χ0n) is 7.31. The molecule has 0 aliphatic rings. The highest BCUT2D eigenvalue weighted by Crippen LogP contribution is 2.06. The van der Waals surface area contributed by atoms with Crippen molar-refractivity contribution in [2.45, 2.75) is 6.92 Å². The smallest absolute Gasteiger partial charge is 0.288 e. The fraction of sp³-hybridized carbons (Fsp3) is 0.143. The fourth-order valence-electron chi connectivity index (χ4n) is 0.739. The van der Waals surface area contributed by atoms with E-state index in [-0.39, 0.29) is 5.82 Å². The summed E-state index contributed by atoms with van der Waals surface area (Å²) in [5.41, 5.74) is -0.425. The van der Waals surface area contributed by atoms with Gasteiger partial charge in [-0.2, -0.15) is 10.4 Å². The molecule has 14 heavy (non-hydrogen) atoms. The van der Waals surface area contributed by atoms with Gasteiger partial charge in [-0.05, 0) is 6.92 Å². The molecule has 72 valence electrons. The molecule has 0 atom stereocenters. The van der Waals surface area contributed by atoms with Crippen LogP contribution in [-0.4, -0.2) is 16.8 Å². The second kappa shape index (κ2) is 4.04. The number of nitrogens with one attached hydrogen (secondary N) is 1. The van der Waals surface area contributed by atoms with E-state index in [9.17, 15) is 4.79 Å². The highest BCUT2D eigenvalue weighted by Gasteiger charge is 2.12. The van der Waals surface area contributed by atoms with Gasteiger partial charge in [0.25, 0.3) is 5.91 Å². The molecule has 0 saturated carbocycles. The summed E-state index contributed by atoms with van der Waals surface area (Å²) in [6.45, 7) is 1.67. The number of carbonyl (C=O) groups excluding carboxylic acids is 1. The second-order valence-electron chi connectivity index (χ2n) is 2.37. The number of amides is 1. The molecule has 0 bridgehead atoms. The van der Waals surface area contributed by atoms with Gasteiger partial charge in [0.05, 0.1) is 0 Å². The van der Waals surface area contributed by atoms with Crippen LogP contribution in [0.1, 0.15) is 5.76 Å². The van der Waals surface area contributed by atoms with Crippen LogP contribution < -0.4 is 11.2 Å². The normalized spacial score (nSPS) is 10.7. The number of hydrogen-bond donors (Lipinski definition) is 2. The Morgan fingerprint density at radius 3 is 3.00 bits per heavy atom.